The second-order valence-corrected chi connectivity index (χ2v) is 4.98. The minimum atomic E-state index is -4.72. The Morgan fingerprint density at radius 1 is 1.24 bits per heavy atom. The molecule has 1 aliphatic rings. The highest BCUT2D eigenvalue weighted by atomic mass is 19.4. The lowest BCUT2D eigenvalue weighted by molar-refractivity contribution is -0.274. The number of benzene rings is 1. The van der Waals surface area contributed by atoms with Crippen molar-refractivity contribution in [2.75, 3.05) is 13.1 Å². The molecule has 1 fully saturated rings. The maximum absolute atomic E-state index is 12.0. The molecule has 21 heavy (non-hydrogen) atoms. The van der Waals surface area contributed by atoms with Gasteiger partial charge in [-0.2, -0.15) is 0 Å². The summed E-state index contributed by atoms with van der Waals surface area (Å²) in [5.41, 5.74) is 0.626. The number of aliphatic hydroxyl groups excluding tert-OH is 1. The average Bonchev–Trinajstić information content (AvgIpc) is 2.40. The predicted octanol–water partition coefficient (Wildman–Crippen LogP) is 2.11. The molecule has 1 N–H and O–H groups in total. The molecule has 1 aromatic rings. The number of amides is 1. The van der Waals surface area contributed by atoms with Gasteiger partial charge in [-0.25, -0.2) is 0 Å². The van der Waals surface area contributed by atoms with Gasteiger partial charge >= 0.3 is 6.36 Å². The van der Waals surface area contributed by atoms with Gasteiger partial charge in [0.2, 0.25) is 5.91 Å². The first kappa shape index (κ1) is 15.6. The van der Waals surface area contributed by atoms with Crippen LogP contribution < -0.4 is 4.74 Å². The first-order valence-corrected chi connectivity index (χ1v) is 6.64. The van der Waals surface area contributed by atoms with E-state index in [0.717, 1.165) is 0 Å². The largest absolute Gasteiger partial charge is 0.573 e. The van der Waals surface area contributed by atoms with E-state index in [1.807, 2.05) is 0 Å². The van der Waals surface area contributed by atoms with Crippen LogP contribution in [0.25, 0.3) is 0 Å². The van der Waals surface area contributed by atoms with Gasteiger partial charge in [-0.1, -0.05) is 12.1 Å². The topological polar surface area (TPSA) is 49.8 Å². The van der Waals surface area contributed by atoms with E-state index in [1.165, 1.54) is 24.3 Å². The highest BCUT2D eigenvalue weighted by molar-refractivity contribution is 5.78. The lowest BCUT2D eigenvalue weighted by Gasteiger charge is -2.29. The summed E-state index contributed by atoms with van der Waals surface area (Å²) in [6.07, 6.45) is -3.82. The summed E-state index contributed by atoms with van der Waals surface area (Å²) in [4.78, 5) is 13.7. The number of carbonyl (C=O) groups excluding carboxylic acids is 1. The van der Waals surface area contributed by atoms with E-state index in [-0.39, 0.29) is 24.2 Å². The Morgan fingerprint density at radius 2 is 1.81 bits per heavy atom. The minimum absolute atomic E-state index is 0.0913. The van der Waals surface area contributed by atoms with Crippen molar-refractivity contribution < 1.29 is 27.8 Å². The van der Waals surface area contributed by atoms with Gasteiger partial charge in [-0.05, 0) is 30.5 Å². The summed E-state index contributed by atoms with van der Waals surface area (Å²) in [5, 5.41) is 9.38. The van der Waals surface area contributed by atoms with Gasteiger partial charge in [0.25, 0.3) is 0 Å². The van der Waals surface area contributed by atoms with Crippen molar-refractivity contribution in [2.24, 2.45) is 0 Å². The van der Waals surface area contributed by atoms with Crippen molar-refractivity contribution in [1.82, 2.24) is 4.90 Å². The Bertz CT molecular complexity index is 479. The van der Waals surface area contributed by atoms with Crippen LogP contribution in [0.4, 0.5) is 13.2 Å². The quantitative estimate of drug-likeness (QED) is 0.930. The second-order valence-electron chi connectivity index (χ2n) is 4.98. The number of hydrogen-bond acceptors (Lipinski definition) is 3. The van der Waals surface area contributed by atoms with E-state index < -0.39 is 6.36 Å². The van der Waals surface area contributed by atoms with Gasteiger partial charge in [0.1, 0.15) is 5.75 Å². The van der Waals surface area contributed by atoms with Crippen molar-refractivity contribution in [2.45, 2.75) is 31.7 Å². The third kappa shape index (κ3) is 4.93. The maximum Gasteiger partial charge on any atom is 0.573 e. The number of aliphatic hydroxyl groups is 1. The molecule has 7 heteroatoms. The minimum Gasteiger partial charge on any atom is -0.406 e. The molecule has 0 spiro atoms. The van der Waals surface area contributed by atoms with E-state index >= 15 is 0 Å². The zero-order chi connectivity index (χ0) is 15.5. The van der Waals surface area contributed by atoms with Crippen LogP contribution >= 0.6 is 0 Å². The standard InChI is InChI=1S/C14H16F3NO3/c15-14(16,17)21-12-3-1-10(2-4-12)9-13(20)18-7-5-11(19)6-8-18/h1-4,11,19H,5-9H2. The molecule has 0 radical (unpaired) electrons. The number of piperidine rings is 1. The van der Waals surface area contributed by atoms with E-state index in [1.54, 1.807) is 4.90 Å². The van der Waals surface area contributed by atoms with Crippen LogP contribution in [0.15, 0.2) is 24.3 Å². The van der Waals surface area contributed by atoms with Gasteiger partial charge < -0.3 is 14.7 Å². The third-order valence-corrected chi connectivity index (χ3v) is 3.33. The van der Waals surface area contributed by atoms with Crippen LogP contribution in [0.1, 0.15) is 18.4 Å². The van der Waals surface area contributed by atoms with Crippen LogP contribution in [-0.2, 0) is 11.2 Å². The molecule has 0 bridgehead atoms. The Balaban J connectivity index is 1.89. The Morgan fingerprint density at radius 3 is 2.33 bits per heavy atom. The fourth-order valence-corrected chi connectivity index (χ4v) is 2.21. The Hall–Kier alpha value is -1.76. The molecule has 0 unspecified atom stereocenters. The molecular weight excluding hydrogens is 287 g/mol. The second kappa shape index (κ2) is 6.34. The molecule has 116 valence electrons. The fourth-order valence-electron chi connectivity index (χ4n) is 2.21. The highest BCUT2D eigenvalue weighted by Crippen LogP contribution is 2.23. The van der Waals surface area contributed by atoms with Crippen LogP contribution in [0, 0.1) is 0 Å². The summed E-state index contributed by atoms with van der Waals surface area (Å²) >= 11 is 0. The summed E-state index contributed by atoms with van der Waals surface area (Å²) < 4.78 is 39.8. The molecule has 1 heterocycles. The molecule has 2 rings (SSSR count). The van der Waals surface area contributed by atoms with Crippen LogP contribution in [0.2, 0.25) is 0 Å². The predicted molar refractivity (Wildman–Crippen MR) is 68.6 cm³/mol. The molecule has 1 aliphatic heterocycles. The fraction of sp³-hybridized carbons (Fsp3) is 0.500. The lowest BCUT2D eigenvalue weighted by atomic mass is 10.1. The Kier molecular flexibility index (Phi) is 4.72. The summed E-state index contributed by atoms with van der Waals surface area (Å²) in [7, 11) is 0. The zero-order valence-corrected chi connectivity index (χ0v) is 11.3. The van der Waals surface area contributed by atoms with Crippen molar-refractivity contribution in [1.29, 1.82) is 0 Å². The van der Waals surface area contributed by atoms with Gasteiger partial charge in [0.15, 0.2) is 0 Å². The molecule has 4 nitrogen and oxygen atoms in total. The van der Waals surface area contributed by atoms with E-state index in [4.69, 9.17) is 0 Å². The first-order chi connectivity index (χ1) is 9.83. The van der Waals surface area contributed by atoms with Gasteiger partial charge in [-0.3, -0.25) is 4.79 Å². The number of alkyl halides is 3. The number of nitrogens with zero attached hydrogens (tertiary/aromatic N) is 1. The zero-order valence-electron chi connectivity index (χ0n) is 11.3. The van der Waals surface area contributed by atoms with Gasteiger partial charge in [0.05, 0.1) is 12.5 Å². The first-order valence-electron chi connectivity index (χ1n) is 6.64. The van der Waals surface area contributed by atoms with E-state index in [0.29, 0.717) is 31.5 Å². The number of rotatable bonds is 3. The SMILES string of the molecule is O=C(Cc1ccc(OC(F)(F)F)cc1)N1CCC(O)CC1. The maximum atomic E-state index is 12.0. The molecule has 0 atom stereocenters. The third-order valence-electron chi connectivity index (χ3n) is 3.33. The van der Waals surface area contributed by atoms with Crippen molar-refractivity contribution in [3.05, 3.63) is 29.8 Å². The summed E-state index contributed by atoms with van der Waals surface area (Å²) in [5.74, 6) is -0.397. The van der Waals surface area contributed by atoms with E-state index in [2.05, 4.69) is 4.74 Å². The monoisotopic (exact) mass is 303 g/mol. The van der Waals surface area contributed by atoms with Crippen LogP contribution in [-0.4, -0.2) is 41.5 Å². The Labute approximate surface area is 120 Å². The molecule has 0 aliphatic carbocycles. The molecule has 0 aromatic heterocycles. The number of halogens is 3. The van der Waals surface area contributed by atoms with Crippen molar-refractivity contribution >= 4 is 5.91 Å². The average molecular weight is 303 g/mol. The van der Waals surface area contributed by atoms with Gasteiger partial charge in [0, 0.05) is 13.1 Å². The van der Waals surface area contributed by atoms with E-state index in [9.17, 15) is 23.1 Å². The summed E-state index contributed by atoms with van der Waals surface area (Å²) in [6.45, 7) is 1.02. The molecule has 0 saturated carbocycles. The highest BCUT2D eigenvalue weighted by Gasteiger charge is 2.31. The molecule has 1 aromatic carbocycles. The number of carbonyl (C=O) groups is 1. The number of ether oxygens (including phenoxy) is 1. The molecule has 1 amide bonds. The van der Waals surface area contributed by atoms with Crippen LogP contribution in [0.5, 0.6) is 5.75 Å². The number of hydrogen-bond donors (Lipinski definition) is 1. The van der Waals surface area contributed by atoms with Crippen molar-refractivity contribution in [3.8, 4) is 5.75 Å². The van der Waals surface area contributed by atoms with Gasteiger partial charge in [-0.15, -0.1) is 13.2 Å². The number of likely N-dealkylation sites (tertiary alicyclic amines) is 1. The molecular formula is C14H16F3NO3. The molecule has 1 saturated heterocycles. The van der Waals surface area contributed by atoms with Crippen LogP contribution in [0.3, 0.4) is 0 Å². The van der Waals surface area contributed by atoms with Crippen molar-refractivity contribution in [3.63, 3.8) is 0 Å². The lowest BCUT2D eigenvalue weighted by Crippen LogP contribution is -2.40. The smallest absolute Gasteiger partial charge is 0.406 e. The summed E-state index contributed by atoms with van der Waals surface area (Å²) in [6, 6.07) is 5.27. The normalized spacial score (nSPS) is 16.9.